The molecule has 2 unspecified atom stereocenters. The van der Waals surface area contributed by atoms with Gasteiger partial charge in [-0.05, 0) is 24.0 Å². The molecule has 0 spiro atoms. The summed E-state index contributed by atoms with van der Waals surface area (Å²) >= 11 is 0. The standard InChI is InChI=1S/C17H26O6/c1-11-7-12-8-13(19-2)16(20-3)17(21-4)15(12)14(23-9-11)10-22-6-5-18/h8,11,14,18H,5-7,9-10H2,1-4H3. The minimum absolute atomic E-state index is 0.0148. The molecule has 0 fully saturated rings. The van der Waals surface area contributed by atoms with Crippen LogP contribution in [0.1, 0.15) is 24.2 Å². The maximum Gasteiger partial charge on any atom is 0.203 e. The van der Waals surface area contributed by atoms with Gasteiger partial charge in [-0.15, -0.1) is 0 Å². The molecule has 2 atom stereocenters. The minimum atomic E-state index is -0.267. The molecule has 0 saturated carbocycles. The number of hydrogen-bond acceptors (Lipinski definition) is 6. The van der Waals surface area contributed by atoms with Gasteiger partial charge in [-0.25, -0.2) is 0 Å². The molecule has 1 aliphatic heterocycles. The van der Waals surface area contributed by atoms with Crippen LogP contribution in [0.15, 0.2) is 6.07 Å². The Hall–Kier alpha value is -1.50. The predicted octanol–water partition coefficient (Wildman–Crippen LogP) is 1.97. The Labute approximate surface area is 137 Å². The molecule has 1 aromatic rings. The third kappa shape index (κ3) is 3.88. The van der Waals surface area contributed by atoms with E-state index < -0.39 is 0 Å². The van der Waals surface area contributed by atoms with Crippen LogP contribution < -0.4 is 14.2 Å². The summed E-state index contributed by atoms with van der Waals surface area (Å²) in [5.74, 6) is 2.19. The van der Waals surface area contributed by atoms with Crippen molar-refractivity contribution in [2.24, 2.45) is 5.92 Å². The van der Waals surface area contributed by atoms with Crippen LogP contribution in [0.3, 0.4) is 0 Å². The number of aliphatic hydroxyl groups excluding tert-OH is 1. The summed E-state index contributed by atoms with van der Waals surface area (Å²) in [6, 6.07) is 1.99. The van der Waals surface area contributed by atoms with E-state index in [0.29, 0.717) is 36.4 Å². The number of rotatable bonds is 7. The van der Waals surface area contributed by atoms with Crippen molar-refractivity contribution in [2.75, 3.05) is 47.8 Å². The Balaban J connectivity index is 2.49. The van der Waals surface area contributed by atoms with Crippen LogP contribution in [0.5, 0.6) is 17.2 Å². The van der Waals surface area contributed by atoms with Gasteiger partial charge in [0.25, 0.3) is 0 Å². The monoisotopic (exact) mass is 326 g/mol. The van der Waals surface area contributed by atoms with Crippen LogP contribution in [0, 0.1) is 5.92 Å². The lowest BCUT2D eigenvalue weighted by atomic mass is 9.94. The number of benzene rings is 1. The Morgan fingerprint density at radius 1 is 1.17 bits per heavy atom. The molecular formula is C17H26O6. The normalized spacial score (nSPS) is 20.6. The second kappa shape index (κ2) is 8.38. The smallest absolute Gasteiger partial charge is 0.203 e. The summed E-state index contributed by atoms with van der Waals surface area (Å²) < 4.78 is 28.1. The summed E-state index contributed by atoms with van der Waals surface area (Å²) in [6.07, 6.45) is 0.596. The average Bonchev–Trinajstić information content (AvgIpc) is 2.71. The maximum atomic E-state index is 8.91. The zero-order valence-electron chi connectivity index (χ0n) is 14.3. The van der Waals surface area contributed by atoms with E-state index >= 15 is 0 Å². The molecule has 6 heteroatoms. The van der Waals surface area contributed by atoms with Crippen molar-refractivity contribution >= 4 is 0 Å². The van der Waals surface area contributed by atoms with Gasteiger partial charge in [0.15, 0.2) is 11.5 Å². The molecule has 0 aliphatic carbocycles. The SMILES string of the molecule is COc1cc2c(c(OC)c1OC)C(COCCO)OCC(C)C2. The summed E-state index contributed by atoms with van der Waals surface area (Å²) in [4.78, 5) is 0. The maximum absolute atomic E-state index is 8.91. The highest BCUT2D eigenvalue weighted by molar-refractivity contribution is 5.60. The Morgan fingerprint density at radius 2 is 1.91 bits per heavy atom. The van der Waals surface area contributed by atoms with Gasteiger partial charge < -0.3 is 28.8 Å². The second-order valence-corrected chi connectivity index (χ2v) is 5.65. The van der Waals surface area contributed by atoms with Crippen LogP contribution in [-0.4, -0.2) is 52.9 Å². The fraction of sp³-hybridized carbons (Fsp3) is 0.647. The van der Waals surface area contributed by atoms with Gasteiger partial charge in [0.05, 0.1) is 47.8 Å². The zero-order chi connectivity index (χ0) is 16.8. The van der Waals surface area contributed by atoms with Crippen molar-refractivity contribution in [3.63, 3.8) is 0 Å². The van der Waals surface area contributed by atoms with E-state index in [1.807, 2.05) is 6.07 Å². The molecule has 0 bridgehead atoms. The van der Waals surface area contributed by atoms with Gasteiger partial charge in [0, 0.05) is 5.56 Å². The van der Waals surface area contributed by atoms with Gasteiger partial charge in [-0.1, -0.05) is 6.92 Å². The molecule has 0 saturated heterocycles. The first kappa shape index (κ1) is 17.8. The van der Waals surface area contributed by atoms with E-state index in [0.717, 1.165) is 17.5 Å². The molecule has 2 rings (SSSR count). The molecule has 1 N–H and O–H groups in total. The number of ether oxygens (including phenoxy) is 5. The summed E-state index contributed by atoms with van der Waals surface area (Å²) in [6.45, 7) is 3.39. The van der Waals surface area contributed by atoms with E-state index in [-0.39, 0.29) is 19.3 Å². The third-order valence-electron chi connectivity index (χ3n) is 3.93. The second-order valence-electron chi connectivity index (χ2n) is 5.65. The third-order valence-corrected chi connectivity index (χ3v) is 3.93. The Kier molecular flexibility index (Phi) is 6.50. The van der Waals surface area contributed by atoms with Gasteiger partial charge in [-0.2, -0.15) is 0 Å². The number of hydrogen-bond donors (Lipinski definition) is 1. The molecular weight excluding hydrogens is 300 g/mol. The van der Waals surface area contributed by atoms with Crippen LogP contribution in [-0.2, 0) is 15.9 Å². The van der Waals surface area contributed by atoms with Crippen molar-refractivity contribution in [1.82, 2.24) is 0 Å². The van der Waals surface area contributed by atoms with Crippen LogP contribution in [0.4, 0.5) is 0 Å². The van der Waals surface area contributed by atoms with Crippen molar-refractivity contribution in [3.05, 3.63) is 17.2 Å². The predicted molar refractivity (Wildman–Crippen MR) is 85.6 cm³/mol. The first-order valence-electron chi connectivity index (χ1n) is 7.78. The lowest BCUT2D eigenvalue weighted by Gasteiger charge is -2.23. The molecule has 1 aliphatic rings. The van der Waals surface area contributed by atoms with Gasteiger partial charge in [-0.3, -0.25) is 0 Å². The summed E-state index contributed by atoms with van der Waals surface area (Å²) in [5.41, 5.74) is 2.05. The lowest BCUT2D eigenvalue weighted by molar-refractivity contribution is -0.0319. The fourth-order valence-corrected chi connectivity index (χ4v) is 2.94. The molecule has 6 nitrogen and oxygen atoms in total. The number of fused-ring (bicyclic) bond motifs is 1. The largest absolute Gasteiger partial charge is 0.493 e. The molecule has 23 heavy (non-hydrogen) atoms. The fourth-order valence-electron chi connectivity index (χ4n) is 2.94. The number of methoxy groups -OCH3 is 3. The van der Waals surface area contributed by atoms with Crippen molar-refractivity contribution < 1.29 is 28.8 Å². The van der Waals surface area contributed by atoms with E-state index in [9.17, 15) is 0 Å². The highest BCUT2D eigenvalue weighted by atomic mass is 16.5. The van der Waals surface area contributed by atoms with Gasteiger partial charge >= 0.3 is 0 Å². The van der Waals surface area contributed by atoms with Crippen molar-refractivity contribution in [2.45, 2.75) is 19.4 Å². The Bertz CT molecular complexity index is 516. The highest BCUT2D eigenvalue weighted by Crippen LogP contribution is 2.47. The molecule has 0 radical (unpaired) electrons. The summed E-state index contributed by atoms with van der Waals surface area (Å²) in [5, 5.41) is 8.91. The number of aliphatic hydroxyl groups is 1. The molecule has 0 amide bonds. The van der Waals surface area contributed by atoms with Crippen molar-refractivity contribution in [1.29, 1.82) is 0 Å². The molecule has 1 heterocycles. The molecule has 1 aromatic carbocycles. The lowest BCUT2D eigenvalue weighted by Crippen LogP contribution is -2.16. The Morgan fingerprint density at radius 3 is 2.52 bits per heavy atom. The van der Waals surface area contributed by atoms with Gasteiger partial charge in [0.1, 0.15) is 6.10 Å². The topological polar surface area (TPSA) is 66.4 Å². The van der Waals surface area contributed by atoms with Gasteiger partial charge in [0.2, 0.25) is 5.75 Å². The van der Waals surface area contributed by atoms with E-state index in [2.05, 4.69) is 6.92 Å². The summed E-state index contributed by atoms with van der Waals surface area (Å²) in [7, 11) is 4.81. The van der Waals surface area contributed by atoms with Crippen molar-refractivity contribution in [3.8, 4) is 17.2 Å². The quantitative estimate of drug-likeness (QED) is 0.773. The van der Waals surface area contributed by atoms with Crippen LogP contribution >= 0.6 is 0 Å². The molecule has 130 valence electrons. The van der Waals surface area contributed by atoms with E-state index in [4.69, 9.17) is 28.8 Å². The van der Waals surface area contributed by atoms with E-state index in [1.54, 1.807) is 21.3 Å². The minimum Gasteiger partial charge on any atom is -0.493 e. The zero-order valence-corrected chi connectivity index (χ0v) is 14.3. The first-order chi connectivity index (χ1) is 11.2. The van der Waals surface area contributed by atoms with E-state index in [1.165, 1.54) is 0 Å². The first-order valence-corrected chi connectivity index (χ1v) is 7.78. The van der Waals surface area contributed by atoms with Crippen LogP contribution in [0.2, 0.25) is 0 Å². The van der Waals surface area contributed by atoms with Crippen LogP contribution in [0.25, 0.3) is 0 Å². The average molecular weight is 326 g/mol. The highest BCUT2D eigenvalue weighted by Gasteiger charge is 2.30. The molecule has 0 aromatic heterocycles.